The van der Waals surface area contributed by atoms with Crippen LogP contribution in [0.5, 0.6) is 0 Å². The zero-order valence-corrected chi connectivity index (χ0v) is 31.9. The van der Waals surface area contributed by atoms with Crippen LogP contribution in [0.2, 0.25) is 0 Å². The molecule has 3 heteroatoms. The van der Waals surface area contributed by atoms with Gasteiger partial charge in [-0.05, 0) is 88.5 Å². The fourth-order valence-corrected chi connectivity index (χ4v) is 9.84. The maximum atomic E-state index is 2.47. The third-order valence-corrected chi connectivity index (χ3v) is 12.4. The molecule has 0 aliphatic rings. The van der Waals surface area contributed by atoms with Crippen LogP contribution in [0.15, 0.2) is 218 Å². The molecule has 11 rings (SSSR count). The number of fused-ring (bicyclic) bond motifs is 6. The molecule has 0 N–H and O–H groups in total. The fraction of sp³-hybridized carbons (Fsp3) is 0. The van der Waals surface area contributed by atoms with Gasteiger partial charge in [0.2, 0.25) is 0 Å². The molecule has 268 valence electrons. The van der Waals surface area contributed by atoms with Gasteiger partial charge in [-0.15, -0.1) is 11.3 Å². The van der Waals surface area contributed by atoms with Gasteiger partial charge < -0.3 is 9.47 Å². The Hall–Kier alpha value is -7.20. The molecule has 57 heavy (non-hydrogen) atoms. The normalized spacial score (nSPS) is 11.5. The van der Waals surface area contributed by atoms with Crippen molar-refractivity contribution in [1.29, 1.82) is 0 Å². The highest BCUT2D eigenvalue weighted by atomic mass is 32.1. The van der Waals surface area contributed by atoms with Crippen molar-refractivity contribution in [3.05, 3.63) is 218 Å². The number of rotatable bonds is 7. The fourth-order valence-electron chi connectivity index (χ4n) is 8.61. The molecule has 0 saturated carbocycles. The van der Waals surface area contributed by atoms with Crippen LogP contribution in [0.1, 0.15) is 0 Å². The molecule has 2 nitrogen and oxygen atoms in total. The Morgan fingerprint density at radius 3 is 1.74 bits per heavy atom. The molecule has 9 aromatic carbocycles. The van der Waals surface area contributed by atoms with E-state index in [1.54, 1.807) is 0 Å². The summed E-state index contributed by atoms with van der Waals surface area (Å²) in [6.45, 7) is 0. The van der Waals surface area contributed by atoms with Gasteiger partial charge >= 0.3 is 0 Å². The molecule has 0 spiro atoms. The maximum absolute atomic E-state index is 2.47. The Bertz CT molecular complexity index is 3220. The molecule has 0 bridgehead atoms. The highest BCUT2D eigenvalue weighted by Gasteiger charge is 2.23. The second-order valence-electron chi connectivity index (χ2n) is 14.5. The Morgan fingerprint density at radius 1 is 0.368 bits per heavy atom. The summed E-state index contributed by atoms with van der Waals surface area (Å²) in [5.74, 6) is 0. The summed E-state index contributed by atoms with van der Waals surface area (Å²) in [5, 5.41) is 5.05. The number of benzene rings is 9. The van der Waals surface area contributed by atoms with Gasteiger partial charge in [0.1, 0.15) is 0 Å². The van der Waals surface area contributed by atoms with Gasteiger partial charge in [0.05, 0.1) is 22.4 Å². The van der Waals surface area contributed by atoms with Crippen LogP contribution in [0.3, 0.4) is 0 Å². The van der Waals surface area contributed by atoms with Crippen molar-refractivity contribution in [1.82, 2.24) is 4.57 Å². The molecule has 11 aromatic rings. The predicted molar refractivity (Wildman–Crippen MR) is 245 cm³/mol. The lowest BCUT2D eigenvalue weighted by Gasteiger charge is -2.26. The van der Waals surface area contributed by atoms with E-state index >= 15 is 0 Å². The summed E-state index contributed by atoms with van der Waals surface area (Å²) >= 11 is 1.88. The van der Waals surface area contributed by atoms with Gasteiger partial charge in [-0.25, -0.2) is 0 Å². The Labute approximate surface area is 335 Å². The van der Waals surface area contributed by atoms with E-state index in [0.717, 1.165) is 28.3 Å². The molecule has 0 fully saturated rings. The second kappa shape index (κ2) is 13.8. The first-order valence-electron chi connectivity index (χ1n) is 19.4. The molecule has 0 atom stereocenters. The van der Waals surface area contributed by atoms with Crippen molar-refractivity contribution >= 4 is 70.4 Å². The predicted octanol–water partition coefficient (Wildman–Crippen LogP) is 15.6. The van der Waals surface area contributed by atoms with Crippen LogP contribution in [-0.2, 0) is 0 Å². The van der Waals surface area contributed by atoms with E-state index in [2.05, 4.69) is 228 Å². The molecule has 0 amide bonds. The van der Waals surface area contributed by atoms with Gasteiger partial charge in [0.25, 0.3) is 0 Å². The van der Waals surface area contributed by atoms with Crippen LogP contribution in [0.4, 0.5) is 17.1 Å². The van der Waals surface area contributed by atoms with Gasteiger partial charge in [-0.2, -0.15) is 0 Å². The third-order valence-electron chi connectivity index (χ3n) is 11.2. The zero-order valence-electron chi connectivity index (χ0n) is 31.1. The molecule has 0 aliphatic heterocycles. The van der Waals surface area contributed by atoms with E-state index in [-0.39, 0.29) is 0 Å². The third kappa shape index (κ3) is 5.63. The Balaban J connectivity index is 1.14. The summed E-state index contributed by atoms with van der Waals surface area (Å²) in [7, 11) is 0. The van der Waals surface area contributed by atoms with Crippen molar-refractivity contribution in [2.75, 3.05) is 4.90 Å². The van der Waals surface area contributed by atoms with Crippen molar-refractivity contribution in [2.24, 2.45) is 0 Å². The van der Waals surface area contributed by atoms with Crippen LogP contribution >= 0.6 is 11.3 Å². The van der Waals surface area contributed by atoms with Gasteiger partial charge in [-0.1, -0.05) is 158 Å². The monoisotopic (exact) mass is 744 g/mol. The minimum absolute atomic E-state index is 1.11. The van der Waals surface area contributed by atoms with Crippen LogP contribution in [0.25, 0.3) is 81.0 Å². The summed E-state index contributed by atoms with van der Waals surface area (Å²) < 4.78 is 5.12. The maximum Gasteiger partial charge on any atom is 0.0562 e. The van der Waals surface area contributed by atoms with Gasteiger partial charge in [0, 0.05) is 47.9 Å². The van der Waals surface area contributed by atoms with Crippen LogP contribution < -0.4 is 4.90 Å². The summed E-state index contributed by atoms with van der Waals surface area (Å²) in [5.41, 5.74) is 14.1. The lowest BCUT2D eigenvalue weighted by Crippen LogP contribution is -2.10. The summed E-state index contributed by atoms with van der Waals surface area (Å²) in [4.78, 5) is 2.40. The van der Waals surface area contributed by atoms with Crippen molar-refractivity contribution in [2.45, 2.75) is 0 Å². The standard InChI is InChI=1S/C54H36N2S/c1-4-16-37(17-5-1)38-30-33-42(34-31-38)55(41-20-8-3-9-21-41)50-27-15-28-51-53(50)46-23-10-12-26-48(46)56(51)49-35-32-40(36-47(49)39-18-6-2-7-19-39)43-24-14-25-45-44-22-11-13-29-52(44)57-54(43)45/h1-36H. The van der Waals surface area contributed by atoms with Crippen LogP contribution in [-0.4, -0.2) is 4.57 Å². The van der Waals surface area contributed by atoms with E-state index in [1.807, 2.05) is 11.3 Å². The zero-order chi connectivity index (χ0) is 37.7. The number of hydrogen-bond acceptors (Lipinski definition) is 2. The van der Waals surface area contributed by atoms with E-state index in [4.69, 9.17) is 0 Å². The van der Waals surface area contributed by atoms with Crippen LogP contribution in [0, 0.1) is 0 Å². The molecule has 2 heterocycles. The number of anilines is 3. The first-order chi connectivity index (χ1) is 28.3. The molecule has 0 aliphatic carbocycles. The lowest BCUT2D eigenvalue weighted by atomic mass is 9.96. The highest BCUT2D eigenvalue weighted by Crippen LogP contribution is 2.46. The Kier molecular flexibility index (Phi) is 8.04. The molecule has 0 saturated heterocycles. The molecule has 0 unspecified atom stereocenters. The largest absolute Gasteiger partial charge is 0.310 e. The van der Waals surface area contributed by atoms with Gasteiger partial charge in [0.15, 0.2) is 0 Å². The SMILES string of the molecule is c1ccc(-c2ccc(N(c3ccccc3)c3cccc4c3c3ccccc3n4-c3ccc(-c4cccc5c4sc4ccccc45)cc3-c3ccccc3)cc2)cc1. The molecule has 0 radical (unpaired) electrons. The minimum atomic E-state index is 1.11. The van der Waals surface area contributed by atoms with E-state index < -0.39 is 0 Å². The average molecular weight is 745 g/mol. The van der Waals surface area contributed by atoms with Crippen molar-refractivity contribution in [3.8, 4) is 39.1 Å². The quantitative estimate of drug-likeness (QED) is 0.158. The number of nitrogens with zero attached hydrogens (tertiary/aromatic N) is 2. The number of hydrogen-bond donors (Lipinski definition) is 0. The van der Waals surface area contributed by atoms with Crippen molar-refractivity contribution in [3.63, 3.8) is 0 Å². The first kappa shape index (κ1) is 33.2. The highest BCUT2D eigenvalue weighted by molar-refractivity contribution is 7.26. The van der Waals surface area contributed by atoms with Crippen molar-refractivity contribution < 1.29 is 0 Å². The second-order valence-corrected chi connectivity index (χ2v) is 15.5. The molecular weight excluding hydrogens is 709 g/mol. The topological polar surface area (TPSA) is 8.17 Å². The smallest absolute Gasteiger partial charge is 0.0562 e. The van der Waals surface area contributed by atoms with E-state index in [0.29, 0.717) is 0 Å². The van der Waals surface area contributed by atoms with E-state index in [9.17, 15) is 0 Å². The number of aromatic nitrogens is 1. The van der Waals surface area contributed by atoms with Gasteiger partial charge in [-0.3, -0.25) is 0 Å². The molecule has 2 aromatic heterocycles. The average Bonchev–Trinajstić information content (AvgIpc) is 3.84. The number of para-hydroxylation sites is 2. The molecular formula is C54H36N2S. The summed E-state index contributed by atoms with van der Waals surface area (Å²) in [6.07, 6.45) is 0. The minimum Gasteiger partial charge on any atom is -0.310 e. The van der Waals surface area contributed by atoms with E-state index in [1.165, 1.54) is 69.8 Å². The lowest BCUT2D eigenvalue weighted by molar-refractivity contribution is 1.18. The first-order valence-corrected chi connectivity index (χ1v) is 20.3. The summed E-state index contributed by atoms with van der Waals surface area (Å²) in [6, 6.07) is 79.3. The Morgan fingerprint density at radius 2 is 0.947 bits per heavy atom. The number of thiophene rings is 1.